The molecule has 0 atom stereocenters. The van der Waals surface area contributed by atoms with Gasteiger partial charge in [-0.2, -0.15) is 24.3 Å². The largest absolute Gasteiger partial charge is 1.00 e. The SMILES string of the molecule is CN1CCN(Cc2[c-]c(CN3CCN(C)CC3)ccc2)CC1.[Li+]. The van der Waals surface area contributed by atoms with Gasteiger partial charge in [-0.25, -0.2) is 0 Å². The zero-order valence-electron chi connectivity index (χ0n) is 15.1. The quantitative estimate of drug-likeness (QED) is 0.471. The molecule has 0 amide bonds. The van der Waals surface area contributed by atoms with Gasteiger partial charge in [0, 0.05) is 65.4 Å². The number of rotatable bonds is 4. The van der Waals surface area contributed by atoms with Gasteiger partial charge >= 0.3 is 18.9 Å². The summed E-state index contributed by atoms with van der Waals surface area (Å²) in [5, 5.41) is 0. The van der Waals surface area contributed by atoms with Gasteiger partial charge in [-0.15, -0.1) is 11.1 Å². The Morgan fingerprint density at radius 1 is 0.739 bits per heavy atom. The van der Waals surface area contributed by atoms with E-state index >= 15 is 0 Å². The van der Waals surface area contributed by atoms with Crippen LogP contribution < -0.4 is 18.9 Å². The molecule has 2 aliphatic rings. The first-order chi connectivity index (χ1) is 10.7. The van der Waals surface area contributed by atoms with Crippen molar-refractivity contribution in [2.45, 2.75) is 13.1 Å². The minimum Gasteiger partial charge on any atom is -0.304 e. The van der Waals surface area contributed by atoms with Crippen LogP contribution in [0.1, 0.15) is 11.1 Å². The molecule has 2 saturated heterocycles. The molecule has 122 valence electrons. The Balaban J connectivity index is 0.00000192. The second-order valence-electron chi connectivity index (χ2n) is 6.86. The minimum absolute atomic E-state index is 0. The number of hydrogen-bond acceptors (Lipinski definition) is 4. The minimum atomic E-state index is 0. The van der Waals surface area contributed by atoms with Crippen molar-refractivity contribution in [1.82, 2.24) is 19.6 Å². The molecule has 1 aromatic rings. The molecule has 5 heteroatoms. The molecule has 0 aromatic heterocycles. The van der Waals surface area contributed by atoms with Crippen molar-refractivity contribution in [2.75, 3.05) is 66.5 Å². The van der Waals surface area contributed by atoms with Gasteiger partial charge in [0.1, 0.15) is 0 Å². The Hall–Kier alpha value is -0.343. The zero-order valence-corrected chi connectivity index (χ0v) is 15.1. The van der Waals surface area contributed by atoms with Crippen molar-refractivity contribution < 1.29 is 18.9 Å². The number of hydrogen-bond donors (Lipinski definition) is 0. The molecule has 0 unspecified atom stereocenters. The van der Waals surface area contributed by atoms with Crippen molar-refractivity contribution >= 4 is 0 Å². The van der Waals surface area contributed by atoms with Crippen molar-refractivity contribution in [1.29, 1.82) is 0 Å². The number of benzene rings is 1. The van der Waals surface area contributed by atoms with Crippen molar-refractivity contribution in [2.24, 2.45) is 0 Å². The molecule has 1 aromatic carbocycles. The Kier molecular flexibility index (Phi) is 7.61. The first kappa shape index (κ1) is 19.0. The van der Waals surface area contributed by atoms with Crippen molar-refractivity contribution in [3.8, 4) is 0 Å². The van der Waals surface area contributed by atoms with Crippen LogP contribution in [0.2, 0.25) is 0 Å². The van der Waals surface area contributed by atoms with Gasteiger partial charge in [0.25, 0.3) is 0 Å². The van der Waals surface area contributed by atoms with Gasteiger partial charge in [0.2, 0.25) is 0 Å². The van der Waals surface area contributed by atoms with E-state index < -0.39 is 0 Å². The number of likely N-dealkylation sites (N-methyl/N-ethyl adjacent to an activating group) is 2. The maximum atomic E-state index is 3.65. The molecule has 0 aliphatic carbocycles. The molecular formula is C18H29LiN4. The van der Waals surface area contributed by atoms with E-state index in [0.29, 0.717) is 0 Å². The first-order valence-corrected chi connectivity index (χ1v) is 8.51. The van der Waals surface area contributed by atoms with Gasteiger partial charge in [0.05, 0.1) is 0 Å². The third-order valence-electron chi connectivity index (χ3n) is 4.90. The molecule has 2 aliphatic heterocycles. The predicted octanol–water partition coefficient (Wildman–Crippen LogP) is -2.01. The van der Waals surface area contributed by atoms with Gasteiger partial charge in [-0.05, 0) is 14.1 Å². The van der Waals surface area contributed by atoms with Crippen LogP contribution in [0.3, 0.4) is 0 Å². The second-order valence-corrected chi connectivity index (χ2v) is 6.86. The van der Waals surface area contributed by atoms with E-state index in [0.717, 1.165) is 13.1 Å². The van der Waals surface area contributed by atoms with E-state index in [-0.39, 0.29) is 18.9 Å². The van der Waals surface area contributed by atoms with Crippen molar-refractivity contribution in [3.05, 3.63) is 35.4 Å². The Morgan fingerprint density at radius 2 is 1.13 bits per heavy atom. The monoisotopic (exact) mass is 308 g/mol. The molecule has 2 heterocycles. The molecule has 3 rings (SSSR count). The van der Waals surface area contributed by atoms with Crippen LogP contribution in [0.5, 0.6) is 0 Å². The number of nitrogens with zero attached hydrogens (tertiary/aromatic N) is 4. The molecular weight excluding hydrogens is 279 g/mol. The van der Waals surface area contributed by atoms with E-state index in [1.54, 1.807) is 0 Å². The van der Waals surface area contributed by atoms with Gasteiger partial charge < -0.3 is 9.80 Å². The third kappa shape index (κ3) is 5.90. The van der Waals surface area contributed by atoms with E-state index in [1.165, 1.54) is 63.5 Å². The van der Waals surface area contributed by atoms with Crippen molar-refractivity contribution in [3.63, 3.8) is 0 Å². The maximum Gasteiger partial charge on any atom is 1.00 e. The zero-order chi connectivity index (χ0) is 15.4. The van der Waals surface area contributed by atoms with Crippen LogP contribution in [0.15, 0.2) is 18.2 Å². The van der Waals surface area contributed by atoms with Crippen LogP contribution in [-0.4, -0.2) is 86.1 Å². The Labute approximate surface area is 153 Å². The molecule has 0 spiro atoms. The van der Waals surface area contributed by atoms with Crippen LogP contribution >= 0.6 is 0 Å². The van der Waals surface area contributed by atoms with Crippen LogP contribution in [0.25, 0.3) is 0 Å². The summed E-state index contributed by atoms with van der Waals surface area (Å²) in [7, 11) is 4.42. The van der Waals surface area contributed by atoms with E-state index in [2.05, 4.69) is 58.0 Å². The standard InChI is InChI=1S/C18H29N4.Li/c1-19-6-10-21(11-7-19)15-17-4-3-5-18(14-17)16-22-12-8-20(2)9-13-22;/h3-5H,6-13,15-16H2,1-2H3;/q-1;+1. The maximum absolute atomic E-state index is 3.65. The molecule has 2 fully saturated rings. The second kappa shape index (κ2) is 9.22. The Morgan fingerprint density at radius 3 is 1.52 bits per heavy atom. The molecule has 0 saturated carbocycles. The number of piperazine rings is 2. The van der Waals surface area contributed by atoms with Crippen LogP contribution in [-0.2, 0) is 13.1 Å². The summed E-state index contributed by atoms with van der Waals surface area (Å²) < 4.78 is 0. The fourth-order valence-electron chi connectivity index (χ4n) is 3.25. The predicted molar refractivity (Wildman–Crippen MR) is 90.8 cm³/mol. The topological polar surface area (TPSA) is 13.0 Å². The summed E-state index contributed by atoms with van der Waals surface area (Å²) in [6.07, 6.45) is 0. The summed E-state index contributed by atoms with van der Waals surface area (Å²) >= 11 is 0. The fourth-order valence-corrected chi connectivity index (χ4v) is 3.25. The van der Waals surface area contributed by atoms with E-state index in [4.69, 9.17) is 0 Å². The first-order valence-electron chi connectivity index (χ1n) is 8.51. The molecule has 0 N–H and O–H groups in total. The summed E-state index contributed by atoms with van der Waals surface area (Å²) in [5.41, 5.74) is 2.69. The van der Waals surface area contributed by atoms with Gasteiger partial charge in [-0.3, -0.25) is 9.80 Å². The summed E-state index contributed by atoms with van der Waals surface area (Å²) in [4.78, 5) is 9.91. The van der Waals surface area contributed by atoms with E-state index in [1.807, 2.05) is 0 Å². The fraction of sp³-hybridized carbons (Fsp3) is 0.667. The summed E-state index contributed by atoms with van der Waals surface area (Å²) in [5.74, 6) is 0. The third-order valence-corrected chi connectivity index (χ3v) is 4.90. The summed E-state index contributed by atoms with van der Waals surface area (Å²) in [6, 6.07) is 10.3. The average molecular weight is 308 g/mol. The molecule has 23 heavy (non-hydrogen) atoms. The molecule has 0 bridgehead atoms. The normalized spacial score (nSPS) is 22.0. The molecule has 0 radical (unpaired) electrons. The van der Waals surface area contributed by atoms with Gasteiger partial charge in [-0.1, -0.05) is 0 Å². The van der Waals surface area contributed by atoms with Crippen LogP contribution in [0, 0.1) is 6.07 Å². The van der Waals surface area contributed by atoms with E-state index in [9.17, 15) is 0 Å². The summed E-state index contributed by atoms with van der Waals surface area (Å²) in [6.45, 7) is 11.5. The average Bonchev–Trinajstić information content (AvgIpc) is 2.52. The van der Waals surface area contributed by atoms with Crippen LogP contribution in [0.4, 0.5) is 0 Å². The Bertz CT molecular complexity index is 427. The van der Waals surface area contributed by atoms with Gasteiger partial charge in [0.15, 0.2) is 0 Å². The smallest absolute Gasteiger partial charge is 0.304 e. The molecule has 4 nitrogen and oxygen atoms in total.